The number of halogens is 2. The lowest BCUT2D eigenvalue weighted by Crippen LogP contribution is -2.55. The van der Waals surface area contributed by atoms with Gasteiger partial charge in [0.2, 0.25) is 0 Å². The molecule has 0 aliphatic rings. The van der Waals surface area contributed by atoms with Gasteiger partial charge < -0.3 is 19.9 Å². The predicted molar refractivity (Wildman–Crippen MR) is 191 cm³/mol. The van der Waals surface area contributed by atoms with E-state index in [1.807, 2.05) is 103 Å². The fourth-order valence-electron chi connectivity index (χ4n) is 6.37. The molecule has 0 saturated heterocycles. The van der Waals surface area contributed by atoms with E-state index < -0.39 is 23.6 Å². The Hall–Kier alpha value is -5.78. The number of carbonyl (C=O) groups is 2. The molecule has 0 aliphatic heterocycles. The van der Waals surface area contributed by atoms with Gasteiger partial charge in [-0.2, -0.15) is 4.52 Å². The van der Waals surface area contributed by atoms with Crippen LogP contribution in [0, 0.1) is 0 Å². The van der Waals surface area contributed by atoms with Crippen LogP contribution in [0.15, 0.2) is 116 Å². The van der Waals surface area contributed by atoms with Gasteiger partial charge in [0.15, 0.2) is 5.65 Å². The Morgan fingerprint density at radius 1 is 0.900 bits per heavy atom. The first kappa shape index (κ1) is 32.8. The summed E-state index contributed by atoms with van der Waals surface area (Å²) in [4.78, 5) is 31.7. The minimum Gasteiger partial charge on any atom is -0.467 e. The van der Waals surface area contributed by atoms with E-state index in [0.29, 0.717) is 32.5 Å². The summed E-state index contributed by atoms with van der Waals surface area (Å²) in [6.07, 6.45) is 3.58. The molecule has 0 spiro atoms. The number of hydrogen-bond acceptors (Lipinski definition) is 7. The summed E-state index contributed by atoms with van der Waals surface area (Å²) in [6.45, 7) is 0. The molecule has 0 saturated carbocycles. The maximum absolute atomic E-state index is 14.3. The molecule has 11 nitrogen and oxygen atoms in total. The molecule has 7 aromatic rings. The maximum Gasteiger partial charge on any atom is 0.328 e. The molecule has 0 fully saturated rings. The molecule has 3 aromatic heterocycles. The van der Waals surface area contributed by atoms with E-state index >= 15 is 0 Å². The molecule has 2 atom stereocenters. The van der Waals surface area contributed by atoms with Crippen molar-refractivity contribution in [3.63, 3.8) is 0 Å². The van der Waals surface area contributed by atoms with Crippen LogP contribution in [0.25, 0.3) is 27.7 Å². The molecule has 7 rings (SSSR count). The van der Waals surface area contributed by atoms with Crippen LogP contribution in [0.3, 0.4) is 0 Å². The number of nitrogens with one attached hydrogen (secondary N) is 2. The smallest absolute Gasteiger partial charge is 0.328 e. The fourth-order valence-corrected chi connectivity index (χ4v) is 6.68. The van der Waals surface area contributed by atoms with Crippen LogP contribution in [0.4, 0.5) is 4.79 Å². The van der Waals surface area contributed by atoms with Gasteiger partial charge in [-0.05, 0) is 80.7 Å². The Morgan fingerprint density at radius 2 is 1.68 bits per heavy atom. The number of imidazole rings is 1. The van der Waals surface area contributed by atoms with Crippen LogP contribution in [0.2, 0.25) is 10.0 Å². The number of urea groups is 1. The number of hydrogen-bond donors (Lipinski definition) is 2. The van der Waals surface area contributed by atoms with Crippen molar-refractivity contribution in [2.45, 2.75) is 18.0 Å². The van der Waals surface area contributed by atoms with Crippen LogP contribution >= 0.6 is 23.2 Å². The molecule has 0 bridgehead atoms. The van der Waals surface area contributed by atoms with Crippen molar-refractivity contribution in [3.05, 3.63) is 148 Å². The van der Waals surface area contributed by atoms with E-state index in [1.165, 1.54) is 7.11 Å². The third-order valence-corrected chi connectivity index (χ3v) is 9.19. The van der Waals surface area contributed by atoms with Gasteiger partial charge >= 0.3 is 12.0 Å². The summed E-state index contributed by atoms with van der Waals surface area (Å²) >= 11 is 12.8. The van der Waals surface area contributed by atoms with E-state index in [9.17, 15) is 9.59 Å². The summed E-state index contributed by atoms with van der Waals surface area (Å²) in [5, 5.41) is 20.4. The van der Waals surface area contributed by atoms with Crippen LogP contribution in [0.1, 0.15) is 22.4 Å². The van der Waals surface area contributed by atoms with Gasteiger partial charge in [-0.25, -0.2) is 14.6 Å². The van der Waals surface area contributed by atoms with Crippen LogP contribution in [0.5, 0.6) is 0 Å². The zero-order chi connectivity index (χ0) is 34.8. The summed E-state index contributed by atoms with van der Waals surface area (Å²) in [5.41, 5.74) is 4.48. The Balaban J connectivity index is 1.44. The average molecular weight is 706 g/mol. The number of fused-ring (bicyclic) bond motifs is 3. The van der Waals surface area contributed by atoms with Crippen molar-refractivity contribution in [3.8, 4) is 11.1 Å². The quantitative estimate of drug-likeness (QED) is 0.167. The van der Waals surface area contributed by atoms with E-state index in [4.69, 9.17) is 27.9 Å². The fraction of sp³-hybridized carbons (Fsp3) is 0.135. The molecule has 2 unspecified atom stereocenters. The summed E-state index contributed by atoms with van der Waals surface area (Å²) < 4.78 is 8.59. The minimum absolute atomic E-state index is 0.224. The van der Waals surface area contributed by atoms with Crippen molar-refractivity contribution in [2.24, 2.45) is 7.05 Å². The Kier molecular flexibility index (Phi) is 8.92. The van der Waals surface area contributed by atoms with Crippen molar-refractivity contribution >= 4 is 51.8 Å². The highest BCUT2D eigenvalue weighted by Crippen LogP contribution is 2.40. The normalized spacial score (nSPS) is 13.1. The van der Waals surface area contributed by atoms with Gasteiger partial charge in [0.05, 0.1) is 30.8 Å². The Bertz CT molecular complexity index is 2340. The van der Waals surface area contributed by atoms with Crippen molar-refractivity contribution in [2.75, 3.05) is 7.11 Å². The van der Waals surface area contributed by atoms with Gasteiger partial charge in [-0.1, -0.05) is 83.9 Å². The number of aryl methyl sites for hydroxylation is 1. The van der Waals surface area contributed by atoms with E-state index in [1.54, 1.807) is 29.2 Å². The Labute approximate surface area is 296 Å². The molecular formula is C37H30Cl2N8O3. The SMILES string of the molecule is COC(=O)C(Cc1ccccc1)NC(=O)NC(c1ccc(Cl)cc1)(c1ccc2c(c1)c(-c1cccc(Cl)c1)cc1nnnn12)c1cncn1C. The second kappa shape index (κ2) is 13.6. The molecule has 4 aromatic carbocycles. The number of aromatic nitrogens is 6. The van der Waals surface area contributed by atoms with Gasteiger partial charge in [-0.3, -0.25) is 0 Å². The van der Waals surface area contributed by atoms with Crippen LogP contribution in [-0.2, 0) is 28.5 Å². The summed E-state index contributed by atoms with van der Waals surface area (Å²) in [6, 6.07) is 30.3. The lowest BCUT2D eigenvalue weighted by atomic mass is 9.79. The topological polar surface area (TPSA) is 128 Å². The first-order valence-electron chi connectivity index (χ1n) is 15.6. The van der Waals surface area contributed by atoms with Crippen molar-refractivity contribution in [1.82, 2.24) is 40.2 Å². The molecular weight excluding hydrogens is 675 g/mol. The lowest BCUT2D eigenvalue weighted by molar-refractivity contribution is -0.142. The number of carbonyl (C=O) groups excluding carboxylic acids is 2. The highest BCUT2D eigenvalue weighted by molar-refractivity contribution is 6.31. The molecule has 50 heavy (non-hydrogen) atoms. The summed E-state index contributed by atoms with van der Waals surface area (Å²) in [5.74, 6) is -0.580. The first-order chi connectivity index (χ1) is 24.3. The molecule has 250 valence electrons. The highest BCUT2D eigenvalue weighted by atomic mass is 35.5. The number of benzene rings is 4. The number of tetrazole rings is 1. The molecule has 3 heterocycles. The number of rotatable bonds is 9. The number of ether oxygens (including phenoxy) is 1. The second-order valence-corrected chi connectivity index (χ2v) is 12.6. The maximum atomic E-state index is 14.3. The first-order valence-corrected chi connectivity index (χ1v) is 16.4. The number of pyridine rings is 1. The number of methoxy groups -OCH3 is 1. The van der Waals surface area contributed by atoms with Gasteiger partial charge in [0, 0.05) is 28.9 Å². The average Bonchev–Trinajstić information content (AvgIpc) is 3.79. The molecule has 0 radical (unpaired) electrons. The highest BCUT2D eigenvalue weighted by Gasteiger charge is 2.41. The minimum atomic E-state index is -1.36. The standard InChI is InChI=1S/C37H30Cl2N8O3/c1-46-22-40-21-33(46)37(25-11-14-27(38)15-12-25,42-36(49)41-31(35(48)50-2)17-23-7-4-3-5-8-23)26-13-16-32-30(19-26)29(20-34-43-44-45-47(32)34)24-9-6-10-28(39)18-24/h3-16,18-22,31H,17H2,1-2H3,(H2,41,42,49). The van der Waals surface area contributed by atoms with Crippen molar-refractivity contribution in [1.29, 1.82) is 0 Å². The largest absolute Gasteiger partial charge is 0.467 e. The van der Waals surface area contributed by atoms with Gasteiger partial charge in [0.1, 0.15) is 11.6 Å². The predicted octanol–water partition coefficient (Wildman–Crippen LogP) is 6.36. The zero-order valence-electron chi connectivity index (χ0n) is 26.9. The second-order valence-electron chi connectivity index (χ2n) is 11.8. The molecule has 13 heteroatoms. The van der Waals surface area contributed by atoms with Crippen molar-refractivity contribution < 1.29 is 14.3 Å². The lowest BCUT2D eigenvalue weighted by Gasteiger charge is -2.37. The summed E-state index contributed by atoms with van der Waals surface area (Å²) in [7, 11) is 3.14. The third-order valence-electron chi connectivity index (χ3n) is 8.70. The van der Waals surface area contributed by atoms with E-state index in [0.717, 1.165) is 27.6 Å². The van der Waals surface area contributed by atoms with Gasteiger partial charge in [-0.15, -0.1) is 5.10 Å². The Morgan fingerprint density at radius 3 is 2.40 bits per heavy atom. The molecule has 2 amide bonds. The van der Waals surface area contributed by atoms with E-state index in [2.05, 4.69) is 31.1 Å². The van der Waals surface area contributed by atoms with Crippen LogP contribution < -0.4 is 10.6 Å². The molecule has 2 N–H and O–H groups in total. The monoisotopic (exact) mass is 704 g/mol. The van der Waals surface area contributed by atoms with Gasteiger partial charge in [0.25, 0.3) is 0 Å². The zero-order valence-corrected chi connectivity index (χ0v) is 28.4. The number of amides is 2. The number of esters is 1. The van der Waals surface area contributed by atoms with Crippen LogP contribution in [-0.4, -0.2) is 54.7 Å². The molecule has 0 aliphatic carbocycles. The third kappa shape index (κ3) is 6.13. The number of nitrogens with zero attached hydrogens (tertiary/aromatic N) is 6. The van der Waals surface area contributed by atoms with E-state index in [-0.39, 0.29) is 6.42 Å².